The minimum absolute atomic E-state index is 0.0208. The predicted octanol–water partition coefficient (Wildman–Crippen LogP) is -3.01. The van der Waals surface area contributed by atoms with Crippen molar-refractivity contribution in [3.63, 3.8) is 0 Å². The van der Waals surface area contributed by atoms with E-state index in [0.717, 1.165) is 25.8 Å². The summed E-state index contributed by atoms with van der Waals surface area (Å²) in [6, 6.07) is -3.97. The number of nitrogens with two attached hydrogens (primary N) is 5. The molecule has 0 saturated carbocycles. The number of aliphatic hydroxyl groups is 1. The lowest BCUT2D eigenvalue weighted by Crippen LogP contribution is -2.36. The molecule has 0 aliphatic carbocycles. The highest BCUT2D eigenvalue weighted by Crippen LogP contribution is 2.04. The number of hydrogen-bond donors (Lipinski definition) is 12. The summed E-state index contributed by atoms with van der Waals surface area (Å²) in [7, 11) is 0. The van der Waals surface area contributed by atoms with E-state index in [1.807, 2.05) is 13.8 Å². The molecule has 17 N–H and O–H groups in total. The molecule has 0 aromatic rings. The molecule has 1 aliphatic heterocycles. The molecule has 0 radical (unpaired) electrons. The Labute approximate surface area is 238 Å². The predicted molar refractivity (Wildman–Crippen MR) is 146 cm³/mol. The molecular formula is C23H48N6O12. The van der Waals surface area contributed by atoms with Gasteiger partial charge in [-0.25, -0.2) is 0 Å². The summed E-state index contributed by atoms with van der Waals surface area (Å²) in [5, 5.41) is 51.8. The van der Waals surface area contributed by atoms with Gasteiger partial charge in [-0.15, -0.1) is 0 Å². The van der Waals surface area contributed by atoms with Crippen LogP contribution < -0.4 is 34.0 Å². The first-order valence-corrected chi connectivity index (χ1v) is 12.5. The first kappa shape index (κ1) is 44.6. The van der Waals surface area contributed by atoms with Gasteiger partial charge in [0.25, 0.3) is 0 Å². The maximum atomic E-state index is 10.2. The van der Waals surface area contributed by atoms with Crippen LogP contribution in [0.4, 0.5) is 0 Å². The molecule has 1 fully saturated rings. The lowest BCUT2D eigenvalue weighted by Gasteiger charge is -2.11. The average molecular weight is 601 g/mol. The molecule has 1 heterocycles. The van der Waals surface area contributed by atoms with Gasteiger partial charge in [0.2, 0.25) is 5.91 Å². The third-order valence-corrected chi connectivity index (χ3v) is 5.16. The molecule has 41 heavy (non-hydrogen) atoms. The van der Waals surface area contributed by atoms with Crippen molar-refractivity contribution >= 4 is 35.8 Å². The monoisotopic (exact) mass is 600 g/mol. The molecule has 0 bridgehead atoms. The average Bonchev–Trinajstić information content (AvgIpc) is 3.43. The van der Waals surface area contributed by atoms with Gasteiger partial charge < -0.3 is 64.6 Å². The maximum Gasteiger partial charge on any atom is 0.322 e. The van der Waals surface area contributed by atoms with Crippen LogP contribution in [0.1, 0.15) is 53.4 Å². The Morgan fingerprint density at radius 2 is 1.22 bits per heavy atom. The number of rotatable bonds is 11. The molecule has 0 aromatic carbocycles. The van der Waals surface area contributed by atoms with Gasteiger partial charge in [-0.05, 0) is 31.2 Å². The lowest BCUT2D eigenvalue weighted by molar-refractivity contribution is -0.140. The quantitative estimate of drug-likeness (QED) is 0.112. The fourth-order valence-electron chi connectivity index (χ4n) is 2.06. The Kier molecular flexibility index (Phi) is 27.8. The van der Waals surface area contributed by atoms with E-state index in [0.29, 0.717) is 0 Å². The van der Waals surface area contributed by atoms with Gasteiger partial charge >= 0.3 is 29.8 Å². The molecule has 18 nitrogen and oxygen atoms in total. The number of amides is 1. The Hall–Kier alpha value is -3.42. The van der Waals surface area contributed by atoms with Gasteiger partial charge in [0.05, 0.1) is 13.0 Å². The largest absolute Gasteiger partial charge is 0.480 e. The summed E-state index contributed by atoms with van der Waals surface area (Å²) in [5.74, 6) is -5.57. The Morgan fingerprint density at radius 1 is 0.780 bits per heavy atom. The minimum Gasteiger partial charge on any atom is -0.480 e. The Morgan fingerprint density at radius 3 is 1.32 bits per heavy atom. The van der Waals surface area contributed by atoms with Crippen LogP contribution in [0.5, 0.6) is 0 Å². The van der Waals surface area contributed by atoms with Gasteiger partial charge in [-0.1, -0.05) is 34.1 Å². The molecule has 1 saturated heterocycles. The number of nitrogens with one attached hydrogen (secondary N) is 1. The van der Waals surface area contributed by atoms with Gasteiger partial charge in [0.1, 0.15) is 30.2 Å². The van der Waals surface area contributed by atoms with Crippen molar-refractivity contribution in [3.05, 3.63) is 0 Å². The smallest absolute Gasteiger partial charge is 0.322 e. The third kappa shape index (κ3) is 27.9. The summed E-state index contributed by atoms with van der Waals surface area (Å²) in [6.45, 7) is 7.66. The van der Waals surface area contributed by atoms with Crippen molar-refractivity contribution in [2.45, 2.75) is 83.6 Å². The van der Waals surface area contributed by atoms with Crippen LogP contribution in [-0.2, 0) is 28.8 Å². The molecule has 18 heteroatoms. The minimum atomic E-state index is -1.21. The van der Waals surface area contributed by atoms with Gasteiger partial charge in [0, 0.05) is 0 Å². The van der Waals surface area contributed by atoms with Crippen LogP contribution in [0.3, 0.4) is 0 Å². The van der Waals surface area contributed by atoms with Gasteiger partial charge in [-0.2, -0.15) is 0 Å². The number of aliphatic hydroxyl groups excluding tert-OH is 1. The van der Waals surface area contributed by atoms with Crippen molar-refractivity contribution in [1.29, 1.82) is 0 Å². The van der Waals surface area contributed by atoms with E-state index in [4.69, 9.17) is 53.6 Å². The van der Waals surface area contributed by atoms with Crippen LogP contribution in [0.2, 0.25) is 0 Å². The summed E-state index contributed by atoms with van der Waals surface area (Å²) in [5.41, 5.74) is 24.8. The Bertz CT molecular complexity index is 781. The fourth-order valence-corrected chi connectivity index (χ4v) is 2.06. The first-order chi connectivity index (χ1) is 18.7. The molecule has 1 amide bonds. The van der Waals surface area contributed by atoms with E-state index in [1.165, 1.54) is 0 Å². The topological polar surface area (TPSA) is 366 Å². The van der Waals surface area contributed by atoms with Crippen molar-refractivity contribution < 1.29 is 59.4 Å². The number of carbonyl (C=O) groups excluding carboxylic acids is 1. The Balaban J connectivity index is -0.000000209. The second kappa shape index (κ2) is 25.5. The van der Waals surface area contributed by atoms with Gasteiger partial charge in [-0.3, -0.25) is 28.8 Å². The number of primary amides is 1. The molecule has 1 rings (SSSR count). The van der Waals surface area contributed by atoms with Crippen molar-refractivity contribution in [2.75, 3.05) is 13.2 Å². The molecule has 0 spiro atoms. The highest BCUT2D eigenvalue weighted by Gasteiger charge is 2.20. The van der Waals surface area contributed by atoms with Crippen molar-refractivity contribution in [1.82, 2.24) is 5.32 Å². The molecular weight excluding hydrogens is 552 g/mol. The second-order valence-corrected chi connectivity index (χ2v) is 9.09. The number of carboxylic acids is 5. The lowest BCUT2D eigenvalue weighted by atomic mass is 10.0. The number of aliphatic carboxylic acids is 5. The summed E-state index contributed by atoms with van der Waals surface area (Å²) in [6.07, 6.45) is 2.29. The van der Waals surface area contributed by atoms with Crippen molar-refractivity contribution in [3.8, 4) is 0 Å². The van der Waals surface area contributed by atoms with E-state index in [9.17, 15) is 28.8 Å². The molecule has 242 valence electrons. The molecule has 0 unspecified atom stereocenters. The SMILES string of the molecule is CC(C)[C@H](N)C(=O)O.CC[C@H](C)[C@H](N)C(=O)O.NC(=O)C[C@H](N)C(=O)O.N[C@@H](CO)C(=O)O.O=C(O)[C@@H]1CCCN1. The van der Waals surface area contributed by atoms with E-state index < -0.39 is 66.5 Å². The zero-order chi connectivity index (χ0) is 33.5. The maximum absolute atomic E-state index is 10.2. The van der Waals surface area contributed by atoms with Gasteiger partial charge in [0.15, 0.2) is 0 Å². The van der Waals surface area contributed by atoms with Crippen LogP contribution >= 0.6 is 0 Å². The van der Waals surface area contributed by atoms with Crippen LogP contribution in [0.25, 0.3) is 0 Å². The highest BCUT2D eigenvalue weighted by molar-refractivity contribution is 5.83. The van der Waals surface area contributed by atoms with Crippen LogP contribution in [-0.4, -0.2) is 110 Å². The number of hydrogen-bond acceptors (Lipinski definition) is 12. The van der Waals surface area contributed by atoms with E-state index in [-0.39, 0.29) is 24.3 Å². The normalized spacial score (nSPS) is 17.0. The molecule has 6 atom stereocenters. The highest BCUT2D eigenvalue weighted by atomic mass is 16.4. The molecule has 1 aliphatic rings. The molecule has 0 aromatic heterocycles. The summed E-state index contributed by atoms with van der Waals surface area (Å²) in [4.78, 5) is 59.9. The van der Waals surface area contributed by atoms with Crippen LogP contribution in [0.15, 0.2) is 0 Å². The van der Waals surface area contributed by atoms with Crippen molar-refractivity contribution in [2.24, 2.45) is 40.5 Å². The zero-order valence-electron chi connectivity index (χ0n) is 23.8. The standard InChI is InChI=1S/C6H13NO2.C5H9NO2.C5H11NO2.C4H8N2O3.C3H7NO3/c1-3-4(2)5(7)6(8)9;7-5(8)4-2-1-3-6-4;1-3(2)4(6)5(7)8;5-2(4(8)9)1-3(6)7;4-2(1-5)3(6)7/h4-5H,3,7H2,1-2H3,(H,8,9);4,6H,1-3H2,(H,7,8);3-4H,6H2,1-2H3,(H,7,8);2H,1,5H2,(H2,6,7)(H,8,9);2,5H,1,4H2,(H,6,7)/t4-,5-;2*4-;2*2-/m00000/s1. The first-order valence-electron chi connectivity index (χ1n) is 12.5. The van der Waals surface area contributed by atoms with E-state index in [2.05, 4.69) is 11.1 Å². The zero-order valence-corrected chi connectivity index (χ0v) is 23.8. The second-order valence-electron chi connectivity index (χ2n) is 9.09. The van der Waals surface area contributed by atoms with E-state index >= 15 is 0 Å². The summed E-state index contributed by atoms with van der Waals surface area (Å²) >= 11 is 0. The van der Waals surface area contributed by atoms with Crippen LogP contribution in [0, 0.1) is 11.8 Å². The number of carboxylic acid groups (broad SMARTS) is 5. The fraction of sp³-hybridized carbons (Fsp3) is 0.739. The summed E-state index contributed by atoms with van der Waals surface area (Å²) < 4.78 is 0. The third-order valence-electron chi connectivity index (χ3n) is 5.16. The van der Waals surface area contributed by atoms with E-state index in [1.54, 1.807) is 13.8 Å². The number of carbonyl (C=O) groups is 6.